The Hall–Kier alpha value is -4.23. The van der Waals surface area contributed by atoms with Crippen molar-refractivity contribution >= 4 is 5.69 Å². The highest BCUT2D eigenvalue weighted by atomic mass is 19.4. The molecule has 9 nitrogen and oxygen atoms in total. The fourth-order valence-corrected chi connectivity index (χ4v) is 5.38. The van der Waals surface area contributed by atoms with Gasteiger partial charge in [-0.3, -0.25) is 18.8 Å². The predicted octanol–water partition coefficient (Wildman–Crippen LogP) is 3.27. The first-order valence-corrected chi connectivity index (χ1v) is 13.5. The summed E-state index contributed by atoms with van der Waals surface area (Å²) in [6.07, 6.45) is -1.51. The molecule has 0 saturated carbocycles. The first-order chi connectivity index (χ1) is 20.0. The third-order valence-electron chi connectivity index (χ3n) is 7.64. The molecule has 4 aromatic rings. The van der Waals surface area contributed by atoms with E-state index in [0.29, 0.717) is 38.3 Å². The number of rotatable bonds is 8. The number of anilines is 1. The van der Waals surface area contributed by atoms with E-state index in [4.69, 9.17) is 5.73 Å². The predicted molar refractivity (Wildman–Crippen MR) is 150 cm³/mol. The maximum atomic E-state index is 14.9. The number of aromatic amines is 1. The molecule has 2 aromatic carbocycles. The number of alkyl halides is 3. The van der Waals surface area contributed by atoms with E-state index >= 15 is 0 Å². The Kier molecular flexibility index (Phi) is 8.32. The molecular formula is C29H31F4N7O2. The Balaban J connectivity index is 1.56. The molecule has 13 heteroatoms. The largest absolute Gasteiger partial charge is 0.416 e. The SMILES string of the molecule is Cc1c(N2CCN(Cc3cnc[nH]3)CC2)c(=O)n(C[C@H](N)c2ccccc2)c(=O)n1Cc1c(F)cccc1C(F)(F)F. The van der Waals surface area contributed by atoms with E-state index in [1.807, 2.05) is 4.90 Å². The van der Waals surface area contributed by atoms with Gasteiger partial charge in [-0.05, 0) is 24.6 Å². The molecule has 0 bridgehead atoms. The highest BCUT2D eigenvalue weighted by Crippen LogP contribution is 2.33. The van der Waals surface area contributed by atoms with Crippen molar-refractivity contribution in [3.8, 4) is 0 Å². The standard InChI is InChI=1S/C29H31F4N7O2/c1-19-26(38-12-10-37(11-13-38)15-21-14-35-18-36-21)27(41)40(17-25(34)20-6-3-2-4-7-20)28(42)39(19)16-22-23(29(31,32)33)8-5-9-24(22)30/h2-9,14,18,25H,10-13,15-17,34H2,1H3,(H,35,36)/t25-/m0/s1. The molecule has 42 heavy (non-hydrogen) atoms. The third-order valence-corrected chi connectivity index (χ3v) is 7.64. The van der Waals surface area contributed by atoms with Crippen LogP contribution in [0.1, 0.15) is 34.1 Å². The molecule has 0 spiro atoms. The van der Waals surface area contributed by atoms with Gasteiger partial charge in [0.15, 0.2) is 0 Å². The summed E-state index contributed by atoms with van der Waals surface area (Å²) in [7, 11) is 0. The fraction of sp³-hybridized carbons (Fsp3) is 0.345. The second kappa shape index (κ2) is 11.9. The lowest BCUT2D eigenvalue weighted by molar-refractivity contribution is -0.138. The second-order valence-corrected chi connectivity index (χ2v) is 10.3. The van der Waals surface area contributed by atoms with E-state index in [-0.39, 0.29) is 17.9 Å². The summed E-state index contributed by atoms with van der Waals surface area (Å²) >= 11 is 0. The molecular weight excluding hydrogens is 554 g/mol. The minimum Gasteiger partial charge on any atom is -0.363 e. The molecule has 5 rings (SSSR count). The lowest BCUT2D eigenvalue weighted by atomic mass is 10.1. The van der Waals surface area contributed by atoms with Gasteiger partial charge in [-0.2, -0.15) is 13.2 Å². The summed E-state index contributed by atoms with van der Waals surface area (Å²) in [4.78, 5) is 38.7. The first kappa shape index (κ1) is 29.3. The van der Waals surface area contributed by atoms with Gasteiger partial charge in [0.1, 0.15) is 11.5 Å². The van der Waals surface area contributed by atoms with Crippen molar-refractivity contribution in [2.75, 3.05) is 31.1 Å². The summed E-state index contributed by atoms with van der Waals surface area (Å²) in [6.45, 7) is 3.26. The van der Waals surface area contributed by atoms with Gasteiger partial charge in [0, 0.05) is 61.9 Å². The van der Waals surface area contributed by atoms with Crippen LogP contribution in [0.5, 0.6) is 0 Å². The van der Waals surface area contributed by atoms with Crippen LogP contribution in [0, 0.1) is 12.7 Å². The van der Waals surface area contributed by atoms with E-state index in [1.54, 1.807) is 42.9 Å². The van der Waals surface area contributed by atoms with Gasteiger partial charge in [-0.15, -0.1) is 0 Å². The zero-order valence-corrected chi connectivity index (χ0v) is 22.9. The van der Waals surface area contributed by atoms with Crippen molar-refractivity contribution in [1.29, 1.82) is 0 Å². The number of hydrogen-bond acceptors (Lipinski definition) is 6. The molecule has 3 N–H and O–H groups in total. The van der Waals surface area contributed by atoms with Crippen molar-refractivity contribution < 1.29 is 17.6 Å². The molecule has 1 aliphatic heterocycles. The summed E-state index contributed by atoms with van der Waals surface area (Å²) in [5.41, 5.74) is 5.03. The lowest BCUT2D eigenvalue weighted by Crippen LogP contribution is -2.51. The monoisotopic (exact) mass is 585 g/mol. The van der Waals surface area contributed by atoms with Crippen LogP contribution >= 0.6 is 0 Å². The molecule has 3 heterocycles. The van der Waals surface area contributed by atoms with E-state index in [2.05, 4.69) is 14.9 Å². The van der Waals surface area contributed by atoms with Gasteiger partial charge in [0.05, 0.1) is 25.0 Å². The Morgan fingerprint density at radius 3 is 2.33 bits per heavy atom. The summed E-state index contributed by atoms with van der Waals surface area (Å²) in [5, 5.41) is 0. The molecule has 0 amide bonds. The molecule has 0 unspecified atom stereocenters. The number of piperazine rings is 1. The lowest BCUT2D eigenvalue weighted by Gasteiger charge is -2.36. The van der Waals surface area contributed by atoms with Gasteiger partial charge >= 0.3 is 11.9 Å². The fourth-order valence-electron chi connectivity index (χ4n) is 5.38. The molecule has 222 valence electrons. The number of aromatic nitrogens is 4. The van der Waals surface area contributed by atoms with Crippen LogP contribution in [-0.4, -0.2) is 50.2 Å². The van der Waals surface area contributed by atoms with Crippen molar-refractivity contribution in [3.63, 3.8) is 0 Å². The average Bonchev–Trinajstić information content (AvgIpc) is 3.48. The van der Waals surface area contributed by atoms with Gasteiger partial charge in [-0.25, -0.2) is 14.2 Å². The second-order valence-electron chi connectivity index (χ2n) is 10.3. The van der Waals surface area contributed by atoms with Gasteiger partial charge in [0.2, 0.25) is 0 Å². The highest BCUT2D eigenvalue weighted by Gasteiger charge is 2.35. The molecule has 0 radical (unpaired) electrons. The molecule has 1 saturated heterocycles. The van der Waals surface area contributed by atoms with Crippen LogP contribution in [-0.2, 0) is 25.8 Å². The summed E-state index contributed by atoms with van der Waals surface area (Å²) in [6, 6.07) is 10.8. The zero-order valence-electron chi connectivity index (χ0n) is 22.9. The van der Waals surface area contributed by atoms with Crippen molar-refractivity contribution in [2.45, 2.75) is 38.8 Å². The molecule has 1 aliphatic rings. The summed E-state index contributed by atoms with van der Waals surface area (Å²) < 4.78 is 58.4. The maximum absolute atomic E-state index is 14.9. The van der Waals surface area contributed by atoms with Crippen molar-refractivity contribution in [3.05, 3.63) is 116 Å². The number of imidazole rings is 1. The van der Waals surface area contributed by atoms with Crippen LogP contribution in [0.3, 0.4) is 0 Å². The molecule has 1 fully saturated rings. The zero-order chi connectivity index (χ0) is 30.0. The number of hydrogen-bond donors (Lipinski definition) is 2. The van der Waals surface area contributed by atoms with Gasteiger partial charge < -0.3 is 15.6 Å². The maximum Gasteiger partial charge on any atom is 0.416 e. The number of halogens is 4. The van der Waals surface area contributed by atoms with Gasteiger partial charge in [-0.1, -0.05) is 36.4 Å². The van der Waals surface area contributed by atoms with Crippen LogP contribution in [0.2, 0.25) is 0 Å². The number of nitrogens with zero attached hydrogens (tertiary/aromatic N) is 5. The third kappa shape index (κ3) is 6.02. The Morgan fingerprint density at radius 1 is 0.976 bits per heavy atom. The Morgan fingerprint density at radius 2 is 1.69 bits per heavy atom. The topological polar surface area (TPSA) is 105 Å². The Bertz CT molecular complexity index is 1640. The van der Waals surface area contributed by atoms with Crippen LogP contribution in [0.15, 0.2) is 70.6 Å². The average molecular weight is 586 g/mol. The minimum atomic E-state index is -4.84. The number of benzene rings is 2. The molecule has 1 atom stereocenters. The van der Waals surface area contributed by atoms with Crippen LogP contribution in [0.25, 0.3) is 0 Å². The minimum absolute atomic E-state index is 0.160. The van der Waals surface area contributed by atoms with E-state index in [1.165, 1.54) is 6.92 Å². The molecule has 0 aliphatic carbocycles. The molecule has 2 aromatic heterocycles. The van der Waals surface area contributed by atoms with Crippen molar-refractivity contribution in [2.24, 2.45) is 5.73 Å². The van der Waals surface area contributed by atoms with Crippen LogP contribution in [0.4, 0.5) is 23.2 Å². The number of nitrogens with one attached hydrogen (secondary N) is 1. The van der Waals surface area contributed by atoms with Gasteiger partial charge in [0.25, 0.3) is 5.56 Å². The quantitative estimate of drug-likeness (QED) is 0.308. The normalized spacial score (nSPS) is 15.2. The number of nitrogens with two attached hydrogens (primary N) is 1. The van der Waals surface area contributed by atoms with E-state index in [0.717, 1.165) is 33.0 Å². The van der Waals surface area contributed by atoms with Crippen molar-refractivity contribution in [1.82, 2.24) is 24.0 Å². The van der Waals surface area contributed by atoms with Crippen LogP contribution < -0.4 is 21.9 Å². The number of H-pyrrole nitrogens is 1. The highest BCUT2D eigenvalue weighted by molar-refractivity contribution is 5.50. The first-order valence-electron chi connectivity index (χ1n) is 13.5. The van der Waals surface area contributed by atoms with E-state index in [9.17, 15) is 27.2 Å². The summed E-state index contributed by atoms with van der Waals surface area (Å²) in [5.74, 6) is -1.09. The van der Waals surface area contributed by atoms with E-state index < -0.39 is 47.0 Å². The smallest absolute Gasteiger partial charge is 0.363 e. The Labute approximate surface area is 238 Å².